The lowest BCUT2D eigenvalue weighted by molar-refractivity contribution is 0.0777. The Morgan fingerprint density at radius 1 is 1.17 bits per heavy atom. The molecule has 2 N–H and O–H groups in total. The molecule has 0 spiro atoms. The molecule has 3 nitrogen and oxygen atoms in total. The van der Waals surface area contributed by atoms with Crippen LogP contribution in [0, 0.1) is 5.41 Å². The van der Waals surface area contributed by atoms with Crippen LogP contribution >= 0.6 is 11.8 Å². The molecule has 24 heavy (non-hydrogen) atoms. The molecule has 3 rings (SSSR count). The summed E-state index contributed by atoms with van der Waals surface area (Å²) in [5, 5.41) is 0. The number of nitrogens with two attached hydrogens (primary N) is 1. The van der Waals surface area contributed by atoms with Crippen LogP contribution in [0.15, 0.2) is 59.5 Å². The summed E-state index contributed by atoms with van der Waals surface area (Å²) >= 11 is 1.79. The maximum atomic E-state index is 12.6. The molecule has 0 radical (unpaired) electrons. The molecule has 1 heterocycles. The topological polar surface area (TPSA) is 46.3 Å². The van der Waals surface area contributed by atoms with Gasteiger partial charge in [-0.05, 0) is 48.2 Å². The van der Waals surface area contributed by atoms with E-state index in [1.165, 1.54) is 10.5 Å². The van der Waals surface area contributed by atoms with Crippen molar-refractivity contribution < 1.29 is 4.79 Å². The van der Waals surface area contributed by atoms with Crippen molar-refractivity contribution >= 4 is 17.7 Å². The fraction of sp³-hybridized carbons (Fsp3) is 0.350. The predicted molar refractivity (Wildman–Crippen MR) is 100 cm³/mol. The van der Waals surface area contributed by atoms with E-state index in [0.29, 0.717) is 6.54 Å². The van der Waals surface area contributed by atoms with E-state index in [2.05, 4.69) is 31.2 Å². The standard InChI is InChI=1S/C20H24N2OS/c1-20(14-21)11-12-22(15-20)19(23)17-7-9-18(10-8-17)24-13-16-5-3-2-4-6-16/h2-10H,11-15,21H2,1H3. The number of hydrogen-bond acceptors (Lipinski definition) is 3. The van der Waals surface area contributed by atoms with Gasteiger partial charge in [-0.3, -0.25) is 4.79 Å². The van der Waals surface area contributed by atoms with Crippen LogP contribution in [-0.4, -0.2) is 30.4 Å². The van der Waals surface area contributed by atoms with Crippen LogP contribution in [-0.2, 0) is 5.75 Å². The van der Waals surface area contributed by atoms with Gasteiger partial charge in [-0.2, -0.15) is 0 Å². The predicted octanol–water partition coefficient (Wildman–Crippen LogP) is 3.79. The molecule has 1 fully saturated rings. The van der Waals surface area contributed by atoms with Gasteiger partial charge in [-0.1, -0.05) is 37.3 Å². The average Bonchev–Trinajstić information content (AvgIpc) is 3.04. The Balaban J connectivity index is 1.59. The van der Waals surface area contributed by atoms with Gasteiger partial charge in [-0.25, -0.2) is 0 Å². The van der Waals surface area contributed by atoms with E-state index in [1.807, 2.05) is 35.2 Å². The highest BCUT2D eigenvalue weighted by Gasteiger charge is 2.35. The maximum Gasteiger partial charge on any atom is 0.253 e. The molecule has 2 aromatic rings. The number of benzene rings is 2. The van der Waals surface area contributed by atoms with Gasteiger partial charge in [0.15, 0.2) is 0 Å². The SMILES string of the molecule is CC1(CN)CCN(C(=O)c2ccc(SCc3ccccc3)cc2)C1. The van der Waals surface area contributed by atoms with Gasteiger partial charge in [0, 0.05) is 29.3 Å². The zero-order chi connectivity index (χ0) is 17.0. The quantitative estimate of drug-likeness (QED) is 0.842. The molecule has 1 atom stereocenters. The molecule has 4 heteroatoms. The third kappa shape index (κ3) is 4.00. The Kier molecular flexibility index (Phi) is 5.27. The molecule has 1 aliphatic heterocycles. The van der Waals surface area contributed by atoms with Crippen LogP contribution in [0.2, 0.25) is 0 Å². The van der Waals surface area contributed by atoms with Gasteiger partial charge in [0.05, 0.1) is 0 Å². The van der Waals surface area contributed by atoms with E-state index in [1.54, 1.807) is 11.8 Å². The van der Waals surface area contributed by atoms with Crippen molar-refractivity contribution in [1.29, 1.82) is 0 Å². The number of likely N-dealkylation sites (tertiary alicyclic amines) is 1. The summed E-state index contributed by atoms with van der Waals surface area (Å²) in [4.78, 5) is 15.7. The van der Waals surface area contributed by atoms with Gasteiger partial charge in [0.25, 0.3) is 5.91 Å². The van der Waals surface area contributed by atoms with Gasteiger partial charge >= 0.3 is 0 Å². The molecule has 1 amide bonds. The molecule has 126 valence electrons. The fourth-order valence-electron chi connectivity index (χ4n) is 2.98. The summed E-state index contributed by atoms with van der Waals surface area (Å²) in [5.74, 6) is 1.06. The van der Waals surface area contributed by atoms with Crippen LogP contribution in [0.1, 0.15) is 29.3 Å². The minimum Gasteiger partial charge on any atom is -0.338 e. The van der Waals surface area contributed by atoms with Gasteiger partial charge in [0.2, 0.25) is 0 Å². The van der Waals surface area contributed by atoms with Crippen molar-refractivity contribution in [3.8, 4) is 0 Å². The lowest BCUT2D eigenvalue weighted by atomic mass is 9.90. The van der Waals surface area contributed by atoms with Crippen molar-refractivity contribution in [1.82, 2.24) is 4.90 Å². The molecule has 1 aliphatic rings. The number of hydrogen-bond donors (Lipinski definition) is 1. The van der Waals surface area contributed by atoms with Crippen molar-refractivity contribution in [2.24, 2.45) is 11.1 Å². The maximum absolute atomic E-state index is 12.6. The van der Waals surface area contributed by atoms with E-state index in [-0.39, 0.29) is 11.3 Å². The summed E-state index contributed by atoms with van der Waals surface area (Å²) in [7, 11) is 0. The van der Waals surface area contributed by atoms with Crippen LogP contribution in [0.4, 0.5) is 0 Å². The number of rotatable bonds is 5. The van der Waals surface area contributed by atoms with Crippen molar-refractivity contribution in [3.05, 3.63) is 65.7 Å². The highest BCUT2D eigenvalue weighted by Crippen LogP contribution is 2.30. The van der Waals surface area contributed by atoms with E-state index >= 15 is 0 Å². The molecule has 0 aliphatic carbocycles. The number of amides is 1. The summed E-state index contributed by atoms with van der Waals surface area (Å²) in [5.41, 5.74) is 7.97. The van der Waals surface area contributed by atoms with Crippen LogP contribution in [0.25, 0.3) is 0 Å². The lowest BCUT2D eigenvalue weighted by Gasteiger charge is -2.22. The first-order valence-corrected chi connectivity index (χ1v) is 9.34. The Morgan fingerprint density at radius 3 is 2.50 bits per heavy atom. The Labute approximate surface area is 148 Å². The highest BCUT2D eigenvalue weighted by atomic mass is 32.2. The average molecular weight is 340 g/mol. The minimum atomic E-state index is 0.0706. The molecular formula is C20H24N2OS. The normalized spacial score (nSPS) is 20.3. The number of carbonyl (C=O) groups excluding carboxylic acids is 1. The molecule has 0 saturated carbocycles. The number of nitrogens with zero attached hydrogens (tertiary/aromatic N) is 1. The van der Waals surface area contributed by atoms with Gasteiger partial charge in [0.1, 0.15) is 0 Å². The molecule has 2 aromatic carbocycles. The molecule has 0 bridgehead atoms. The van der Waals surface area contributed by atoms with Crippen LogP contribution < -0.4 is 5.73 Å². The molecule has 1 saturated heterocycles. The Morgan fingerprint density at radius 2 is 1.88 bits per heavy atom. The first-order chi connectivity index (χ1) is 11.6. The second kappa shape index (κ2) is 7.41. The van der Waals surface area contributed by atoms with Crippen molar-refractivity contribution in [3.63, 3.8) is 0 Å². The summed E-state index contributed by atoms with van der Waals surface area (Å²) in [6.45, 7) is 4.35. The fourth-order valence-corrected chi connectivity index (χ4v) is 3.84. The van der Waals surface area contributed by atoms with Crippen LogP contribution in [0.3, 0.4) is 0 Å². The van der Waals surface area contributed by atoms with Gasteiger partial charge in [-0.15, -0.1) is 11.8 Å². The zero-order valence-corrected chi connectivity index (χ0v) is 14.9. The Hall–Kier alpha value is -1.78. The monoisotopic (exact) mass is 340 g/mol. The number of thioether (sulfide) groups is 1. The first kappa shape index (κ1) is 17.1. The molecule has 1 unspecified atom stereocenters. The third-order valence-corrected chi connectivity index (χ3v) is 5.77. The van der Waals surface area contributed by atoms with E-state index < -0.39 is 0 Å². The van der Waals surface area contributed by atoms with Crippen molar-refractivity contribution in [2.45, 2.75) is 24.0 Å². The smallest absolute Gasteiger partial charge is 0.253 e. The van der Waals surface area contributed by atoms with E-state index in [9.17, 15) is 4.79 Å². The summed E-state index contributed by atoms with van der Waals surface area (Å²) in [6, 6.07) is 18.4. The lowest BCUT2D eigenvalue weighted by Crippen LogP contribution is -2.34. The summed E-state index contributed by atoms with van der Waals surface area (Å²) < 4.78 is 0. The minimum absolute atomic E-state index is 0.0706. The van der Waals surface area contributed by atoms with Crippen molar-refractivity contribution in [2.75, 3.05) is 19.6 Å². The second-order valence-corrected chi connectivity index (χ2v) is 7.84. The highest BCUT2D eigenvalue weighted by molar-refractivity contribution is 7.98. The zero-order valence-electron chi connectivity index (χ0n) is 14.1. The van der Waals surface area contributed by atoms with Crippen LogP contribution in [0.5, 0.6) is 0 Å². The first-order valence-electron chi connectivity index (χ1n) is 8.36. The second-order valence-electron chi connectivity index (χ2n) is 6.79. The molecule has 0 aromatic heterocycles. The Bertz CT molecular complexity index is 687. The summed E-state index contributed by atoms with van der Waals surface area (Å²) in [6.07, 6.45) is 0.986. The van der Waals surface area contributed by atoms with E-state index in [4.69, 9.17) is 5.73 Å². The third-order valence-electron chi connectivity index (χ3n) is 4.69. The molecular weight excluding hydrogens is 316 g/mol. The van der Waals surface area contributed by atoms with Gasteiger partial charge < -0.3 is 10.6 Å². The largest absolute Gasteiger partial charge is 0.338 e. The number of carbonyl (C=O) groups is 1. The van der Waals surface area contributed by atoms with E-state index in [0.717, 1.165) is 30.8 Å².